The van der Waals surface area contributed by atoms with Crippen molar-refractivity contribution in [1.29, 1.82) is 0 Å². The minimum atomic E-state index is -0.242. The Labute approximate surface area is 454 Å². The van der Waals surface area contributed by atoms with Crippen molar-refractivity contribution in [3.63, 3.8) is 0 Å². The first-order valence-electron chi connectivity index (χ1n) is 28.2. The zero-order valence-corrected chi connectivity index (χ0v) is 44.9. The first-order valence-corrected chi connectivity index (χ1v) is 28.2. The van der Waals surface area contributed by atoms with Crippen molar-refractivity contribution < 1.29 is 9.13 Å². The van der Waals surface area contributed by atoms with Crippen LogP contribution in [0.5, 0.6) is 0 Å². The predicted molar refractivity (Wildman–Crippen MR) is 325 cm³/mol. The third-order valence-electron chi connectivity index (χ3n) is 17.2. The largest absolute Gasteiger partial charge is 0.233 e. The van der Waals surface area contributed by atoms with E-state index >= 15 is 0 Å². The van der Waals surface area contributed by atoms with Gasteiger partial charge in [-0.25, -0.2) is 0 Å². The molecule has 374 valence electrons. The molecule has 0 saturated carbocycles. The summed E-state index contributed by atoms with van der Waals surface area (Å²) in [6, 6.07) is 84.7. The SMILES string of the molecule is CCCCc1cccc2c3[n+](ccc12)C(CCC)(C[n+]1ccc2ccccc2c1-c1cc(-c2cccc(-c4cc(-c5cccc6ccccc56)cc(-c5cccc6ccccc56)c4)c2)ccc1C)C(CC)c1ccccc1-3. The summed E-state index contributed by atoms with van der Waals surface area (Å²) in [4.78, 5) is 0. The van der Waals surface area contributed by atoms with Crippen molar-refractivity contribution in [2.24, 2.45) is 0 Å². The summed E-state index contributed by atoms with van der Waals surface area (Å²) >= 11 is 0. The number of nitrogens with zero attached hydrogens (tertiary/aromatic N) is 2. The zero-order chi connectivity index (χ0) is 52.0. The second-order valence-electron chi connectivity index (χ2n) is 21.8. The molecule has 0 bridgehead atoms. The van der Waals surface area contributed by atoms with Gasteiger partial charge in [0, 0.05) is 18.6 Å². The average Bonchev–Trinajstić information content (AvgIpc) is 3.63. The highest BCUT2D eigenvalue weighted by Gasteiger charge is 2.56. The predicted octanol–water partition coefficient (Wildman–Crippen LogP) is 19.2. The second-order valence-corrected chi connectivity index (χ2v) is 21.8. The molecule has 2 heteroatoms. The van der Waals surface area contributed by atoms with E-state index in [4.69, 9.17) is 0 Å². The normalized spacial score (nSPS) is 15.0. The number of pyridine rings is 2. The van der Waals surface area contributed by atoms with Crippen LogP contribution in [0.15, 0.2) is 237 Å². The van der Waals surface area contributed by atoms with E-state index in [1.807, 2.05) is 0 Å². The maximum Gasteiger partial charge on any atom is 0.233 e. The number of aryl methyl sites for hydroxylation is 2. The molecule has 3 heterocycles. The standard InChI is InChI=1S/C75H66N2/c1-5-8-21-52-27-20-37-69-66(52)41-44-77-74(69)70-34-16-15-33-68(70)72(7-3)75(77,42-6-2)50-76-43-40-55-24-11-14-32-67(55)73(76)71-49-58(39-38-51(71)4)56-28-17-29-57(45-56)59-46-60(64-35-18-25-53-22-9-12-30-62(53)64)48-61(47-59)65-36-19-26-54-23-10-13-31-63(54)65/h9-20,22-41,43-49,72H,5-8,21,42,50H2,1-4H3/q+2. The Morgan fingerprint density at radius 1 is 0.403 bits per heavy atom. The van der Waals surface area contributed by atoms with Crippen LogP contribution in [0.1, 0.15) is 75.5 Å². The van der Waals surface area contributed by atoms with Gasteiger partial charge in [-0.2, -0.15) is 9.13 Å². The molecule has 12 aromatic rings. The molecule has 0 fully saturated rings. The van der Waals surface area contributed by atoms with Crippen LogP contribution in [0.2, 0.25) is 0 Å². The molecule has 13 rings (SSSR count). The topological polar surface area (TPSA) is 7.76 Å². The fourth-order valence-corrected chi connectivity index (χ4v) is 13.6. The molecule has 0 radical (unpaired) electrons. The van der Waals surface area contributed by atoms with Gasteiger partial charge in [-0.3, -0.25) is 0 Å². The van der Waals surface area contributed by atoms with Crippen LogP contribution in [0, 0.1) is 6.92 Å². The summed E-state index contributed by atoms with van der Waals surface area (Å²) in [5.41, 5.74) is 18.9. The molecule has 2 nitrogen and oxygen atoms in total. The molecule has 1 aliphatic heterocycles. The highest BCUT2D eigenvalue weighted by Crippen LogP contribution is 2.49. The summed E-state index contributed by atoms with van der Waals surface area (Å²) in [5, 5.41) is 10.3. The van der Waals surface area contributed by atoms with Crippen LogP contribution in [0.3, 0.4) is 0 Å². The van der Waals surface area contributed by atoms with Gasteiger partial charge in [-0.1, -0.05) is 191 Å². The third kappa shape index (κ3) is 8.43. The molecule has 77 heavy (non-hydrogen) atoms. The smallest absolute Gasteiger partial charge is 0.190 e. The Bertz CT molecular complexity index is 4110. The Morgan fingerprint density at radius 2 is 0.961 bits per heavy atom. The van der Waals surface area contributed by atoms with Crippen molar-refractivity contribution in [3.8, 4) is 67.0 Å². The van der Waals surface area contributed by atoms with Gasteiger partial charge < -0.3 is 0 Å². The Morgan fingerprint density at radius 3 is 1.66 bits per heavy atom. The van der Waals surface area contributed by atoms with E-state index in [1.54, 1.807) is 0 Å². The van der Waals surface area contributed by atoms with Gasteiger partial charge in [-0.15, -0.1) is 0 Å². The monoisotopic (exact) mass is 995 g/mol. The maximum atomic E-state index is 2.75. The number of fused-ring (bicyclic) bond motifs is 8. The molecule has 0 spiro atoms. The second kappa shape index (κ2) is 20.2. The zero-order valence-electron chi connectivity index (χ0n) is 44.9. The van der Waals surface area contributed by atoms with Gasteiger partial charge in [0.1, 0.15) is 0 Å². The first-order chi connectivity index (χ1) is 37.9. The van der Waals surface area contributed by atoms with Crippen LogP contribution < -0.4 is 9.13 Å². The minimum absolute atomic E-state index is 0.242. The van der Waals surface area contributed by atoms with E-state index in [2.05, 4.69) is 274 Å². The van der Waals surface area contributed by atoms with Crippen molar-refractivity contribution in [3.05, 3.63) is 254 Å². The highest BCUT2D eigenvalue weighted by molar-refractivity contribution is 6.02. The lowest BCUT2D eigenvalue weighted by atomic mass is 9.69. The number of hydrogen-bond acceptors (Lipinski definition) is 0. The summed E-state index contributed by atoms with van der Waals surface area (Å²) in [7, 11) is 0. The van der Waals surface area contributed by atoms with Crippen molar-refractivity contribution in [2.75, 3.05) is 0 Å². The number of hydrogen-bond donors (Lipinski definition) is 0. The molecule has 2 aromatic heterocycles. The summed E-state index contributed by atoms with van der Waals surface area (Å²) in [6.45, 7) is 10.2. The van der Waals surface area contributed by atoms with E-state index < -0.39 is 0 Å². The van der Waals surface area contributed by atoms with Gasteiger partial charge in [0.2, 0.25) is 23.5 Å². The minimum Gasteiger partial charge on any atom is -0.190 e. The van der Waals surface area contributed by atoms with E-state index in [0.29, 0.717) is 5.92 Å². The molecule has 0 amide bonds. The van der Waals surface area contributed by atoms with Gasteiger partial charge in [0.05, 0.1) is 27.8 Å². The first kappa shape index (κ1) is 48.2. The number of benzene rings is 10. The third-order valence-corrected chi connectivity index (χ3v) is 17.2. The molecular weight excluding hydrogens is 929 g/mol. The number of aromatic nitrogens is 2. The molecular formula is C75H66N2+2. The summed E-state index contributed by atoms with van der Waals surface area (Å²) in [6.07, 6.45) is 11.5. The van der Waals surface area contributed by atoms with Crippen molar-refractivity contribution in [1.82, 2.24) is 0 Å². The Kier molecular flexibility index (Phi) is 12.7. The molecule has 10 aromatic carbocycles. The molecule has 0 N–H and O–H groups in total. The van der Waals surface area contributed by atoms with Crippen LogP contribution in [-0.2, 0) is 18.5 Å². The van der Waals surface area contributed by atoms with Crippen molar-refractivity contribution in [2.45, 2.75) is 84.2 Å². The van der Waals surface area contributed by atoms with E-state index in [0.717, 1.165) is 32.2 Å². The van der Waals surface area contributed by atoms with Gasteiger partial charge >= 0.3 is 0 Å². The van der Waals surface area contributed by atoms with E-state index in [1.165, 1.54) is 140 Å². The van der Waals surface area contributed by atoms with E-state index in [-0.39, 0.29) is 5.54 Å². The quantitative estimate of drug-likeness (QED) is 0.102. The Hall–Kier alpha value is -8.46. The number of rotatable bonds is 13. The average molecular weight is 995 g/mol. The fraction of sp³-hybridized carbons (Fsp3) is 0.173. The van der Waals surface area contributed by atoms with Crippen LogP contribution >= 0.6 is 0 Å². The van der Waals surface area contributed by atoms with E-state index in [9.17, 15) is 0 Å². The highest BCUT2D eigenvalue weighted by atomic mass is 15.1. The van der Waals surface area contributed by atoms with Crippen molar-refractivity contribution >= 4 is 43.1 Å². The molecule has 0 saturated heterocycles. The fourth-order valence-electron chi connectivity index (χ4n) is 13.6. The lowest BCUT2D eigenvalue weighted by Crippen LogP contribution is -2.68. The molecule has 0 aliphatic carbocycles. The lowest BCUT2D eigenvalue weighted by molar-refractivity contribution is -0.827. The summed E-state index contributed by atoms with van der Waals surface area (Å²) < 4.78 is 5.39. The van der Waals surface area contributed by atoms with Gasteiger partial charge in [-0.05, 0) is 175 Å². The van der Waals surface area contributed by atoms with Gasteiger partial charge in [0.15, 0.2) is 12.4 Å². The van der Waals surface area contributed by atoms with Crippen LogP contribution in [-0.4, -0.2) is 0 Å². The summed E-state index contributed by atoms with van der Waals surface area (Å²) in [5.74, 6) is 0.305. The lowest BCUT2D eigenvalue weighted by Gasteiger charge is -2.39. The maximum absolute atomic E-state index is 2.75. The van der Waals surface area contributed by atoms with Crippen LogP contribution in [0.4, 0.5) is 0 Å². The Balaban J connectivity index is 0.966. The molecule has 2 unspecified atom stereocenters. The van der Waals surface area contributed by atoms with Gasteiger partial charge in [0.25, 0.3) is 0 Å². The molecule has 1 aliphatic rings. The number of unbranched alkanes of at least 4 members (excludes halogenated alkanes) is 1. The molecule has 2 atom stereocenters. The van der Waals surface area contributed by atoms with Crippen LogP contribution in [0.25, 0.3) is 110 Å².